The maximum atomic E-state index is 13.3. The van der Waals surface area contributed by atoms with Crippen molar-refractivity contribution in [3.63, 3.8) is 0 Å². The molecule has 0 bridgehead atoms. The lowest BCUT2D eigenvalue weighted by atomic mass is 10.1. The fraction of sp³-hybridized carbons (Fsp3) is 0.500. The van der Waals surface area contributed by atoms with Gasteiger partial charge in [0.2, 0.25) is 23.6 Å². The largest absolute Gasteiger partial charge is 0.461 e. The third kappa shape index (κ3) is 3.90. The van der Waals surface area contributed by atoms with Gasteiger partial charge >= 0.3 is 6.03 Å². The molecule has 33 heavy (non-hydrogen) atoms. The van der Waals surface area contributed by atoms with Crippen molar-refractivity contribution >= 4 is 29.6 Å². The molecule has 3 amide bonds. The van der Waals surface area contributed by atoms with Crippen molar-refractivity contribution in [2.45, 2.75) is 25.8 Å². The maximum absolute atomic E-state index is 13.3. The molecule has 0 unspecified atom stereocenters. The van der Waals surface area contributed by atoms with Crippen molar-refractivity contribution in [1.29, 1.82) is 0 Å². The average Bonchev–Trinajstić information content (AvgIpc) is 3.59. The van der Waals surface area contributed by atoms with Crippen LogP contribution < -0.4 is 16.0 Å². The number of aromatic nitrogens is 5. The molecule has 3 aromatic rings. The van der Waals surface area contributed by atoms with Gasteiger partial charge in [-0.2, -0.15) is 19.5 Å². The molecule has 0 aromatic carbocycles. The van der Waals surface area contributed by atoms with Gasteiger partial charge in [0.25, 0.3) is 5.78 Å². The van der Waals surface area contributed by atoms with Gasteiger partial charge in [-0.05, 0) is 31.9 Å². The van der Waals surface area contributed by atoms with Crippen LogP contribution in [0.5, 0.6) is 0 Å². The number of carbonyl (C=O) groups is 2. The number of hydrogen-bond donors (Lipinski definition) is 2. The zero-order valence-electron chi connectivity index (χ0n) is 18.3. The van der Waals surface area contributed by atoms with E-state index in [4.69, 9.17) is 10.2 Å². The number of anilines is 2. The quantitative estimate of drug-likeness (QED) is 0.563. The first-order valence-corrected chi connectivity index (χ1v) is 11.1. The van der Waals surface area contributed by atoms with E-state index in [0.29, 0.717) is 63.2 Å². The monoisotopic (exact) mass is 454 g/mol. The molecule has 2 saturated heterocycles. The summed E-state index contributed by atoms with van der Waals surface area (Å²) in [6, 6.07) is 3.03. The maximum Gasteiger partial charge on any atom is 0.317 e. The summed E-state index contributed by atoms with van der Waals surface area (Å²) in [7, 11) is 0. The smallest absolute Gasteiger partial charge is 0.317 e. The number of nitrogens with one attached hydrogen (secondary N) is 1. The number of piperazine rings is 1. The van der Waals surface area contributed by atoms with E-state index in [1.165, 1.54) is 10.8 Å². The molecule has 2 fully saturated rings. The number of fused-ring (bicyclic) bond motifs is 1. The van der Waals surface area contributed by atoms with Crippen LogP contribution in [0.15, 0.2) is 22.8 Å². The molecule has 174 valence electrons. The molecule has 3 N–H and O–H groups in total. The average molecular weight is 454 g/mol. The highest BCUT2D eigenvalue weighted by Gasteiger charge is 2.37. The van der Waals surface area contributed by atoms with E-state index >= 15 is 0 Å². The molecule has 13 heteroatoms. The number of nitrogens with zero attached hydrogens (tertiary/aromatic N) is 8. The summed E-state index contributed by atoms with van der Waals surface area (Å²) in [5, 5.41) is 7.12. The number of carbonyl (C=O) groups excluding carboxylic acids is 2. The lowest BCUT2D eigenvalue weighted by molar-refractivity contribution is -0.133. The molecule has 2 aliphatic rings. The molecule has 5 heterocycles. The van der Waals surface area contributed by atoms with E-state index in [1.54, 1.807) is 17.0 Å². The van der Waals surface area contributed by atoms with Gasteiger partial charge in [0, 0.05) is 39.3 Å². The Balaban J connectivity index is 1.33. The second-order valence-electron chi connectivity index (χ2n) is 8.01. The summed E-state index contributed by atoms with van der Waals surface area (Å²) in [6.07, 6.45) is 3.08. The number of nitrogens with two attached hydrogens (primary N) is 1. The van der Waals surface area contributed by atoms with Crippen molar-refractivity contribution < 1.29 is 14.0 Å². The highest BCUT2D eigenvalue weighted by molar-refractivity contribution is 5.86. The Morgan fingerprint density at radius 3 is 2.67 bits per heavy atom. The normalized spacial score (nSPS) is 18.8. The van der Waals surface area contributed by atoms with Crippen molar-refractivity contribution in [1.82, 2.24) is 39.7 Å². The molecule has 5 rings (SSSR count). The zero-order valence-corrected chi connectivity index (χ0v) is 18.3. The first-order chi connectivity index (χ1) is 16.0. The molecule has 13 nitrogen and oxygen atoms in total. The van der Waals surface area contributed by atoms with Crippen molar-refractivity contribution in [2.24, 2.45) is 0 Å². The predicted octanol–water partition coefficient (Wildman–Crippen LogP) is 0.204. The highest BCUT2D eigenvalue weighted by Crippen LogP contribution is 2.26. The minimum atomic E-state index is -0.379. The van der Waals surface area contributed by atoms with Crippen molar-refractivity contribution in [3.05, 3.63) is 18.4 Å². The van der Waals surface area contributed by atoms with Gasteiger partial charge < -0.3 is 30.2 Å². The Kier molecular flexibility index (Phi) is 5.44. The second-order valence-corrected chi connectivity index (χ2v) is 8.01. The number of amides is 3. The summed E-state index contributed by atoms with van der Waals surface area (Å²) in [6.45, 7) is 5.12. The number of rotatable bonds is 4. The van der Waals surface area contributed by atoms with E-state index < -0.39 is 0 Å². The minimum absolute atomic E-state index is 0.0165. The van der Waals surface area contributed by atoms with Gasteiger partial charge in [-0.25, -0.2) is 4.79 Å². The van der Waals surface area contributed by atoms with Gasteiger partial charge in [0.1, 0.15) is 6.04 Å². The molecule has 0 spiro atoms. The zero-order chi connectivity index (χ0) is 22.9. The van der Waals surface area contributed by atoms with Crippen LogP contribution in [-0.4, -0.2) is 91.6 Å². The summed E-state index contributed by atoms with van der Waals surface area (Å²) >= 11 is 0. The Hall–Kier alpha value is -3.90. The van der Waals surface area contributed by atoms with Crippen LogP contribution in [0.4, 0.5) is 16.7 Å². The van der Waals surface area contributed by atoms with Crippen LogP contribution in [0.1, 0.15) is 19.8 Å². The molecule has 0 aliphatic carbocycles. The topological polar surface area (TPSA) is 151 Å². The van der Waals surface area contributed by atoms with Gasteiger partial charge in [0.15, 0.2) is 5.76 Å². The Morgan fingerprint density at radius 1 is 1.15 bits per heavy atom. The third-order valence-electron chi connectivity index (χ3n) is 5.96. The molecule has 0 saturated carbocycles. The number of hydrogen-bond acceptors (Lipinski definition) is 9. The number of furan rings is 1. The van der Waals surface area contributed by atoms with Crippen molar-refractivity contribution in [2.75, 3.05) is 49.9 Å². The standard InChI is InChI=1S/C20H26N10O3/c1-2-22-20(32)28-10-8-27(9-11-28)16(31)13-5-3-7-29(13)18-24-17(21)30-19(25-18)23-15(26-30)14-6-4-12-33-14/h4,6,12-13H,2-3,5,7-11H2,1H3,(H,22,32)(H2,21,23,24,25,26)/t13-/m0/s1. The first-order valence-electron chi connectivity index (χ1n) is 11.1. The Morgan fingerprint density at radius 2 is 1.94 bits per heavy atom. The molecular weight excluding hydrogens is 428 g/mol. The molecular formula is C20H26N10O3. The van der Waals surface area contributed by atoms with E-state index in [2.05, 4.69) is 25.4 Å². The SMILES string of the molecule is CCNC(=O)N1CCN(C(=O)[C@@H]2CCCN2c2nc(N)n3nc(-c4ccco4)nc3n2)CC1. The van der Waals surface area contributed by atoms with E-state index in [1.807, 2.05) is 16.7 Å². The van der Waals surface area contributed by atoms with Crippen LogP contribution >= 0.6 is 0 Å². The van der Waals surface area contributed by atoms with Crippen LogP contribution in [0.3, 0.4) is 0 Å². The fourth-order valence-electron chi connectivity index (χ4n) is 4.30. The van der Waals surface area contributed by atoms with Gasteiger partial charge in [-0.3, -0.25) is 4.79 Å². The van der Waals surface area contributed by atoms with Crippen LogP contribution in [0.25, 0.3) is 17.4 Å². The predicted molar refractivity (Wildman–Crippen MR) is 118 cm³/mol. The summed E-state index contributed by atoms with van der Waals surface area (Å²) in [5.41, 5.74) is 6.14. The number of nitrogen functional groups attached to an aromatic ring is 1. The van der Waals surface area contributed by atoms with Gasteiger partial charge in [-0.1, -0.05) is 0 Å². The summed E-state index contributed by atoms with van der Waals surface area (Å²) in [5.74, 6) is 1.66. The minimum Gasteiger partial charge on any atom is -0.461 e. The van der Waals surface area contributed by atoms with E-state index in [9.17, 15) is 9.59 Å². The summed E-state index contributed by atoms with van der Waals surface area (Å²) < 4.78 is 6.71. The third-order valence-corrected chi connectivity index (χ3v) is 5.96. The number of urea groups is 1. The van der Waals surface area contributed by atoms with Crippen LogP contribution in [-0.2, 0) is 4.79 Å². The summed E-state index contributed by atoms with van der Waals surface area (Å²) in [4.78, 5) is 44.1. The fourth-order valence-corrected chi connectivity index (χ4v) is 4.30. The molecule has 2 aliphatic heterocycles. The van der Waals surface area contributed by atoms with Gasteiger partial charge in [0.05, 0.1) is 6.26 Å². The second kappa shape index (κ2) is 8.56. The molecule has 1 atom stereocenters. The molecule has 0 radical (unpaired) electrons. The van der Waals surface area contributed by atoms with Gasteiger partial charge in [-0.15, -0.1) is 5.10 Å². The highest BCUT2D eigenvalue weighted by atomic mass is 16.3. The Bertz CT molecular complexity index is 1150. The Labute approximate surface area is 189 Å². The van der Waals surface area contributed by atoms with E-state index in [-0.39, 0.29) is 29.7 Å². The van der Waals surface area contributed by atoms with Crippen LogP contribution in [0.2, 0.25) is 0 Å². The lowest BCUT2D eigenvalue weighted by Crippen LogP contribution is -2.56. The lowest BCUT2D eigenvalue weighted by Gasteiger charge is -2.37. The first kappa shape index (κ1) is 21.0. The molecule has 3 aromatic heterocycles. The van der Waals surface area contributed by atoms with E-state index in [0.717, 1.165) is 6.42 Å². The van der Waals surface area contributed by atoms with Crippen molar-refractivity contribution in [3.8, 4) is 11.6 Å². The van der Waals surface area contributed by atoms with Crippen LogP contribution in [0, 0.1) is 0 Å².